The van der Waals surface area contributed by atoms with Crippen molar-refractivity contribution < 1.29 is 0 Å². The van der Waals surface area contributed by atoms with Crippen LogP contribution in [0.4, 0.5) is 0 Å². The van der Waals surface area contributed by atoms with Crippen LogP contribution in [0.15, 0.2) is 28.7 Å². The first-order valence-electron chi connectivity index (χ1n) is 6.35. The second-order valence-electron chi connectivity index (χ2n) is 4.31. The predicted octanol–water partition coefficient (Wildman–Crippen LogP) is 2.70. The van der Waals surface area contributed by atoms with E-state index in [0.717, 1.165) is 30.8 Å². The van der Waals surface area contributed by atoms with Gasteiger partial charge in [0, 0.05) is 6.20 Å². The topological polar surface area (TPSA) is 81.8 Å². The summed E-state index contributed by atoms with van der Waals surface area (Å²) in [7, 11) is 0. The molecule has 10 heteroatoms. The summed E-state index contributed by atoms with van der Waals surface area (Å²) < 4.78 is 2.70. The van der Waals surface area contributed by atoms with Gasteiger partial charge in [-0.2, -0.15) is 9.61 Å². The standard InChI is InChI=1S/C12H9N7S3/c1-7-14-17-12(21-7)20-6-9-15-16-11-19(9)18-10(22-11)8-4-2-3-5-13-8/h2-5H,6H2,1H3. The molecule has 0 saturated heterocycles. The molecule has 0 radical (unpaired) electrons. The van der Waals surface area contributed by atoms with Gasteiger partial charge >= 0.3 is 0 Å². The Labute approximate surface area is 137 Å². The number of thioether (sulfide) groups is 1. The lowest BCUT2D eigenvalue weighted by Crippen LogP contribution is -1.94. The van der Waals surface area contributed by atoms with Gasteiger partial charge in [-0.05, 0) is 19.1 Å². The second kappa shape index (κ2) is 5.71. The Bertz CT molecular complexity index is 911. The number of hydrogen-bond donors (Lipinski definition) is 0. The lowest BCUT2D eigenvalue weighted by Gasteiger charge is -1.94. The normalized spacial score (nSPS) is 11.3. The maximum absolute atomic E-state index is 4.56. The zero-order valence-corrected chi connectivity index (χ0v) is 13.8. The van der Waals surface area contributed by atoms with Crippen molar-refractivity contribution in [3.63, 3.8) is 0 Å². The van der Waals surface area contributed by atoms with Crippen LogP contribution in [0.3, 0.4) is 0 Å². The van der Waals surface area contributed by atoms with E-state index in [9.17, 15) is 0 Å². The molecular weight excluding hydrogens is 338 g/mol. The summed E-state index contributed by atoms with van der Waals surface area (Å²) in [5, 5.41) is 22.8. The minimum atomic E-state index is 0.654. The number of hydrogen-bond acceptors (Lipinski definition) is 9. The van der Waals surface area contributed by atoms with Crippen LogP contribution < -0.4 is 0 Å². The summed E-state index contributed by atoms with van der Waals surface area (Å²) in [5.74, 6) is 1.45. The van der Waals surface area contributed by atoms with Gasteiger partial charge in [-0.25, -0.2) is 0 Å². The van der Waals surface area contributed by atoms with Crippen LogP contribution in [0, 0.1) is 6.92 Å². The van der Waals surface area contributed by atoms with Gasteiger partial charge in [0.2, 0.25) is 4.96 Å². The van der Waals surface area contributed by atoms with Crippen LogP contribution in [0.5, 0.6) is 0 Å². The van der Waals surface area contributed by atoms with Crippen molar-refractivity contribution in [3.05, 3.63) is 35.2 Å². The molecule has 0 fully saturated rings. The number of fused-ring (bicyclic) bond motifs is 1. The second-order valence-corrected chi connectivity index (χ2v) is 7.67. The molecule has 4 heterocycles. The van der Waals surface area contributed by atoms with Crippen LogP contribution in [-0.4, -0.2) is 35.0 Å². The van der Waals surface area contributed by atoms with E-state index >= 15 is 0 Å². The van der Waals surface area contributed by atoms with E-state index in [2.05, 4.69) is 30.5 Å². The highest BCUT2D eigenvalue weighted by Crippen LogP contribution is 2.27. The molecule has 0 aliphatic carbocycles. The van der Waals surface area contributed by atoms with Gasteiger partial charge in [0.15, 0.2) is 15.2 Å². The molecule has 0 bridgehead atoms. The molecule has 22 heavy (non-hydrogen) atoms. The third kappa shape index (κ3) is 2.60. The Kier molecular flexibility index (Phi) is 3.56. The lowest BCUT2D eigenvalue weighted by molar-refractivity contribution is 0.884. The molecule has 0 atom stereocenters. The van der Waals surface area contributed by atoms with E-state index in [-0.39, 0.29) is 0 Å². The van der Waals surface area contributed by atoms with Crippen molar-refractivity contribution in [2.45, 2.75) is 17.0 Å². The third-order valence-corrected chi connectivity index (χ3v) is 5.66. The van der Waals surface area contributed by atoms with Crippen LogP contribution >= 0.6 is 34.4 Å². The third-order valence-electron chi connectivity index (χ3n) is 2.77. The number of aryl methyl sites for hydroxylation is 1. The molecule has 0 saturated carbocycles. The predicted molar refractivity (Wildman–Crippen MR) is 86.1 cm³/mol. The number of rotatable bonds is 4. The van der Waals surface area contributed by atoms with E-state index in [1.165, 1.54) is 11.3 Å². The first kappa shape index (κ1) is 13.7. The Hall–Kier alpha value is -1.91. The average Bonchev–Trinajstić information content (AvgIpc) is 3.22. The van der Waals surface area contributed by atoms with Crippen LogP contribution in [-0.2, 0) is 5.75 Å². The molecule has 110 valence electrons. The van der Waals surface area contributed by atoms with E-state index in [1.54, 1.807) is 33.8 Å². The van der Waals surface area contributed by atoms with Crippen LogP contribution in [0.25, 0.3) is 15.7 Å². The van der Waals surface area contributed by atoms with Crippen molar-refractivity contribution in [2.24, 2.45) is 0 Å². The summed E-state index contributed by atoms with van der Waals surface area (Å²) in [6.45, 7) is 1.94. The van der Waals surface area contributed by atoms with Crippen LogP contribution in [0.1, 0.15) is 10.8 Å². The fourth-order valence-corrected chi connectivity index (χ4v) is 4.36. The minimum Gasteiger partial charge on any atom is -0.254 e. The smallest absolute Gasteiger partial charge is 0.235 e. The number of nitrogens with zero attached hydrogens (tertiary/aromatic N) is 7. The molecule has 0 aliphatic rings. The molecule has 4 rings (SSSR count). The summed E-state index contributed by atoms with van der Waals surface area (Å²) in [6, 6.07) is 5.76. The van der Waals surface area contributed by atoms with E-state index in [0.29, 0.717) is 5.75 Å². The van der Waals surface area contributed by atoms with Crippen molar-refractivity contribution in [3.8, 4) is 10.7 Å². The Morgan fingerprint density at radius 1 is 1.14 bits per heavy atom. The largest absolute Gasteiger partial charge is 0.254 e. The van der Waals surface area contributed by atoms with Crippen molar-refractivity contribution in [1.82, 2.24) is 35.0 Å². The van der Waals surface area contributed by atoms with Gasteiger partial charge in [-0.15, -0.1) is 20.4 Å². The highest BCUT2D eigenvalue weighted by molar-refractivity contribution is 8.00. The monoisotopic (exact) mass is 347 g/mol. The van der Waals surface area contributed by atoms with Gasteiger partial charge in [0.1, 0.15) is 10.7 Å². The van der Waals surface area contributed by atoms with Gasteiger partial charge in [0.05, 0.1) is 5.75 Å². The first-order chi connectivity index (χ1) is 10.8. The molecule has 0 aliphatic heterocycles. The Balaban J connectivity index is 1.61. The summed E-state index contributed by atoms with van der Waals surface area (Å²) >= 11 is 4.64. The minimum absolute atomic E-state index is 0.654. The van der Waals surface area contributed by atoms with E-state index in [1.807, 2.05) is 25.1 Å². The number of aromatic nitrogens is 7. The maximum atomic E-state index is 4.56. The SMILES string of the molecule is Cc1nnc(SCc2nnc3sc(-c4ccccn4)nn23)s1. The van der Waals surface area contributed by atoms with Gasteiger partial charge in [-0.1, -0.05) is 40.5 Å². The fraction of sp³-hybridized carbons (Fsp3) is 0.167. The molecule has 0 unspecified atom stereocenters. The highest BCUT2D eigenvalue weighted by Gasteiger charge is 2.14. The van der Waals surface area contributed by atoms with Crippen molar-refractivity contribution >= 4 is 39.4 Å². The lowest BCUT2D eigenvalue weighted by atomic mass is 10.4. The van der Waals surface area contributed by atoms with Gasteiger partial charge < -0.3 is 0 Å². The summed E-state index contributed by atoms with van der Waals surface area (Å²) in [6.07, 6.45) is 1.76. The Morgan fingerprint density at radius 2 is 2.09 bits per heavy atom. The molecule has 4 aromatic rings. The zero-order chi connectivity index (χ0) is 14.9. The Morgan fingerprint density at radius 3 is 2.86 bits per heavy atom. The van der Waals surface area contributed by atoms with E-state index < -0.39 is 0 Å². The molecule has 0 aromatic carbocycles. The molecule has 0 amide bonds. The van der Waals surface area contributed by atoms with Gasteiger partial charge in [0.25, 0.3) is 0 Å². The molecule has 0 spiro atoms. The van der Waals surface area contributed by atoms with Crippen molar-refractivity contribution in [1.29, 1.82) is 0 Å². The summed E-state index contributed by atoms with van der Waals surface area (Å²) in [5.41, 5.74) is 0.844. The number of pyridine rings is 1. The average molecular weight is 347 g/mol. The molecule has 7 nitrogen and oxygen atoms in total. The fourth-order valence-electron chi connectivity index (χ4n) is 1.80. The zero-order valence-electron chi connectivity index (χ0n) is 11.4. The van der Waals surface area contributed by atoms with Crippen LogP contribution in [0.2, 0.25) is 0 Å². The maximum Gasteiger partial charge on any atom is 0.235 e. The first-order valence-corrected chi connectivity index (χ1v) is 8.97. The van der Waals surface area contributed by atoms with E-state index in [4.69, 9.17) is 0 Å². The molecule has 4 aromatic heterocycles. The highest BCUT2D eigenvalue weighted by atomic mass is 32.2. The quantitative estimate of drug-likeness (QED) is 0.525. The van der Waals surface area contributed by atoms with Gasteiger partial charge in [-0.3, -0.25) is 4.98 Å². The summed E-state index contributed by atoms with van der Waals surface area (Å²) in [4.78, 5) is 5.08. The molecular formula is C12H9N7S3. The molecule has 0 N–H and O–H groups in total. The van der Waals surface area contributed by atoms with Crippen molar-refractivity contribution in [2.75, 3.05) is 0 Å².